The molecule has 0 spiro atoms. The minimum Gasteiger partial charge on any atom is -0.352 e. The van der Waals surface area contributed by atoms with Crippen LogP contribution in [-0.2, 0) is 14.8 Å². The summed E-state index contributed by atoms with van der Waals surface area (Å²) in [6.45, 7) is 1.51. The largest absolute Gasteiger partial charge is 0.352 e. The lowest BCUT2D eigenvalue weighted by atomic mass is 10.1. The molecule has 1 amide bonds. The van der Waals surface area contributed by atoms with E-state index in [1.54, 1.807) is 0 Å². The molecule has 1 aromatic carbocycles. The van der Waals surface area contributed by atoms with Crippen molar-refractivity contribution in [2.45, 2.75) is 62.4 Å². The smallest absolute Gasteiger partial charge is 0.241 e. The highest BCUT2D eigenvalue weighted by atomic mass is 32.2. The van der Waals surface area contributed by atoms with E-state index in [0.717, 1.165) is 37.8 Å². The average molecular weight is 342 g/mol. The van der Waals surface area contributed by atoms with Gasteiger partial charge in [-0.1, -0.05) is 25.7 Å². The summed E-state index contributed by atoms with van der Waals surface area (Å²) in [4.78, 5) is 12.1. The summed E-state index contributed by atoms with van der Waals surface area (Å²) < 4.78 is 39.6. The lowest BCUT2D eigenvalue weighted by molar-refractivity contribution is -0.123. The molecule has 0 saturated heterocycles. The molecule has 0 radical (unpaired) electrons. The number of carbonyl (C=O) groups excluding carboxylic acids is 1. The van der Waals surface area contributed by atoms with Crippen LogP contribution >= 0.6 is 0 Å². The van der Waals surface area contributed by atoms with Crippen LogP contribution < -0.4 is 10.0 Å². The summed E-state index contributed by atoms with van der Waals surface area (Å²) in [6, 6.07) is 3.73. The maximum atomic E-state index is 12.9. The van der Waals surface area contributed by atoms with Gasteiger partial charge in [-0.3, -0.25) is 4.79 Å². The minimum atomic E-state index is -3.85. The number of sulfonamides is 1. The summed E-state index contributed by atoms with van der Waals surface area (Å²) in [7, 11) is -3.85. The summed E-state index contributed by atoms with van der Waals surface area (Å²) in [6.07, 6.45) is 6.39. The molecule has 1 atom stereocenters. The van der Waals surface area contributed by atoms with E-state index < -0.39 is 21.9 Å². The fraction of sp³-hybridized carbons (Fsp3) is 0.562. The molecule has 1 aromatic rings. The van der Waals surface area contributed by atoms with Crippen molar-refractivity contribution < 1.29 is 17.6 Å². The number of nitrogens with one attached hydrogen (secondary N) is 2. The Morgan fingerprint density at radius 3 is 2.26 bits per heavy atom. The third-order valence-corrected chi connectivity index (χ3v) is 5.61. The zero-order valence-electron chi connectivity index (χ0n) is 13.2. The van der Waals surface area contributed by atoms with Crippen LogP contribution in [0.25, 0.3) is 0 Å². The van der Waals surface area contributed by atoms with E-state index in [0.29, 0.717) is 0 Å². The van der Waals surface area contributed by atoms with E-state index in [1.807, 2.05) is 0 Å². The molecular weight excluding hydrogens is 319 g/mol. The van der Waals surface area contributed by atoms with Crippen molar-refractivity contribution in [1.82, 2.24) is 10.0 Å². The lowest BCUT2D eigenvalue weighted by Crippen LogP contribution is -2.47. The monoisotopic (exact) mass is 342 g/mol. The average Bonchev–Trinajstić information content (AvgIpc) is 2.76. The zero-order chi connectivity index (χ0) is 16.9. The maximum absolute atomic E-state index is 12.9. The highest BCUT2D eigenvalue weighted by Gasteiger charge is 2.24. The quantitative estimate of drug-likeness (QED) is 0.807. The normalized spacial score (nSPS) is 18.2. The molecule has 2 N–H and O–H groups in total. The Bertz CT molecular complexity index is 623. The number of halogens is 1. The van der Waals surface area contributed by atoms with E-state index in [9.17, 15) is 17.6 Å². The third kappa shape index (κ3) is 5.28. The molecule has 1 fully saturated rings. The number of hydrogen-bond acceptors (Lipinski definition) is 3. The Morgan fingerprint density at radius 1 is 1.13 bits per heavy atom. The summed E-state index contributed by atoms with van der Waals surface area (Å²) >= 11 is 0. The van der Waals surface area contributed by atoms with Crippen molar-refractivity contribution in [3.8, 4) is 0 Å². The molecule has 1 aliphatic rings. The van der Waals surface area contributed by atoms with Gasteiger partial charge in [0.05, 0.1) is 10.9 Å². The van der Waals surface area contributed by atoms with Gasteiger partial charge in [0.2, 0.25) is 15.9 Å². The van der Waals surface area contributed by atoms with E-state index >= 15 is 0 Å². The van der Waals surface area contributed by atoms with Gasteiger partial charge in [-0.05, 0) is 44.0 Å². The fourth-order valence-electron chi connectivity index (χ4n) is 2.72. The van der Waals surface area contributed by atoms with E-state index in [2.05, 4.69) is 10.0 Å². The van der Waals surface area contributed by atoms with Crippen LogP contribution in [0.1, 0.15) is 45.4 Å². The second kappa shape index (κ2) is 7.88. The van der Waals surface area contributed by atoms with Gasteiger partial charge in [-0.2, -0.15) is 4.72 Å². The standard InChI is InChI=1S/C16H23FN2O3S/c1-12(16(20)18-14-6-4-2-3-5-7-14)19-23(21,22)15-10-8-13(17)9-11-15/h8-12,14,19H,2-7H2,1H3,(H,18,20). The van der Waals surface area contributed by atoms with E-state index in [1.165, 1.54) is 31.9 Å². The molecule has 23 heavy (non-hydrogen) atoms. The number of hydrogen-bond donors (Lipinski definition) is 2. The molecule has 128 valence electrons. The number of carbonyl (C=O) groups is 1. The van der Waals surface area contributed by atoms with Gasteiger partial charge in [-0.25, -0.2) is 12.8 Å². The second-order valence-electron chi connectivity index (χ2n) is 5.99. The maximum Gasteiger partial charge on any atom is 0.241 e. The molecule has 0 bridgehead atoms. The molecule has 2 rings (SSSR count). The molecule has 7 heteroatoms. The number of rotatable bonds is 5. The SMILES string of the molecule is CC(NS(=O)(=O)c1ccc(F)cc1)C(=O)NC1CCCCCC1. The highest BCUT2D eigenvalue weighted by Crippen LogP contribution is 2.17. The van der Waals surface area contributed by atoms with Crippen molar-refractivity contribution in [3.05, 3.63) is 30.1 Å². The van der Waals surface area contributed by atoms with Crippen molar-refractivity contribution >= 4 is 15.9 Å². The Labute approximate surface area is 136 Å². The zero-order valence-corrected chi connectivity index (χ0v) is 14.0. The van der Waals surface area contributed by atoms with Crippen LogP contribution in [0.2, 0.25) is 0 Å². The van der Waals surface area contributed by atoms with Crippen molar-refractivity contribution in [1.29, 1.82) is 0 Å². The van der Waals surface area contributed by atoms with Crippen LogP contribution in [0.4, 0.5) is 4.39 Å². The van der Waals surface area contributed by atoms with Crippen molar-refractivity contribution in [3.63, 3.8) is 0 Å². The molecule has 0 aromatic heterocycles. The van der Waals surface area contributed by atoms with Gasteiger partial charge < -0.3 is 5.32 Å². The first kappa shape index (κ1) is 17.9. The fourth-order valence-corrected chi connectivity index (χ4v) is 3.92. The molecule has 0 aliphatic heterocycles. The van der Waals surface area contributed by atoms with Crippen LogP contribution in [0.5, 0.6) is 0 Å². The van der Waals surface area contributed by atoms with Gasteiger partial charge >= 0.3 is 0 Å². The van der Waals surface area contributed by atoms with Gasteiger partial charge in [0.25, 0.3) is 0 Å². The Kier molecular flexibility index (Phi) is 6.12. The summed E-state index contributed by atoms with van der Waals surface area (Å²) in [5.74, 6) is -0.842. The topological polar surface area (TPSA) is 75.3 Å². The molecule has 0 heterocycles. The Morgan fingerprint density at radius 2 is 1.70 bits per heavy atom. The van der Waals surface area contributed by atoms with Crippen LogP contribution in [0.3, 0.4) is 0 Å². The Hall–Kier alpha value is -1.47. The molecular formula is C16H23FN2O3S. The number of amides is 1. The van der Waals surface area contributed by atoms with Gasteiger partial charge in [0.1, 0.15) is 5.82 Å². The molecule has 5 nitrogen and oxygen atoms in total. The molecule has 1 unspecified atom stereocenters. The molecule has 1 saturated carbocycles. The minimum absolute atomic E-state index is 0.0620. The molecule has 1 aliphatic carbocycles. The van der Waals surface area contributed by atoms with E-state index in [-0.39, 0.29) is 16.8 Å². The first-order valence-corrected chi connectivity index (χ1v) is 9.45. The predicted molar refractivity (Wildman–Crippen MR) is 85.8 cm³/mol. The van der Waals surface area contributed by atoms with Gasteiger partial charge in [0.15, 0.2) is 0 Å². The van der Waals surface area contributed by atoms with Crippen molar-refractivity contribution in [2.75, 3.05) is 0 Å². The second-order valence-corrected chi connectivity index (χ2v) is 7.71. The van der Waals surface area contributed by atoms with Crippen molar-refractivity contribution in [2.24, 2.45) is 0 Å². The first-order valence-electron chi connectivity index (χ1n) is 7.97. The summed E-state index contributed by atoms with van der Waals surface area (Å²) in [5.41, 5.74) is 0. The van der Waals surface area contributed by atoms with Crippen LogP contribution in [-0.4, -0.2) is 26.4 Å². The predicted octanol–water partition coefficient (Wildman–Crippen LogP) is 2.33. The summed E-state index contributed by atoms with van der Waals surface area (Å²) in [5, 5.41) is 2.92. The Balaban J connectivity index is 1.95. The van der Waals surface area contributed by atoms with Crippen LogP contribution in [0.15, 0.2) is 29.2 Å². The third-order valence-electron chi connectivity index (χ3n) is 4.05. The van der Waals surface area contributed by atoms with Crippen LogP contribution in [0, 0.1) is 5.82 Å². The number of benzene rings is 1. The van der Waals surface area contributed by atoms with E-state index in [4.69, 9.17) is 0 Å². The van der Waals surface area contributed by atoms with Gasteiger partial charge in [-0.15, -0.1) is 0 Å². The first-order chi connectivity index (χ1) is 10.9. The lowest BCUT2D eigenvalue weighted by Gasteiger charge is -2.20. The van der Waals surface area contributed by atoms with Gasteiger partial charge in [0, 0.05) is 6.04 Å². The highest BCUT2D eigenvalue weighted by molar-refractivity contribution is 7.89.